The molecule has 0 saturated carbocycles. The second-order valence-corrected chi connectivity index (χ2v) is 5.44. The second kappa shape index (κ2) is 6.38. The predicted octanol–water partition coefficient (Wildman–Crippen LogP) is 2.15. The molecule has 1 fully saturated rings. The van der Waals surface area contributed by atoms with Crippen LogP contribution in [0.2, 0.25) is 0 Å². The zero-order chi connectivity index (χ0) is 12.1. The minimum absolute atomic E-state index is 0.584. The first kappa shape index (κ1) is 12.9. The van der Waals surface area contributed by atoms with E-state index in [1.165, 1.54) is 5.69 Å². The van der Waals surface area contributed by atoms with Crippen molar-refractivity contribution >= 4 is 21.6 Å². The lowest BCUT2D eigenvalue weighted by atomic mass is 10.2. The topological polar surface area (TPSA) is 27.3 Å². The lowest BCUT2D eigenvalue weighted by Gasteiger charge is -2.33. The Hall–Kier alpha value is -0.580. The molecule has 2 N–H and O–H groups in total. The molecule has 0 radical (unpaired) electrons. The van der Waals surface area contributed by atoms with E-state index in [0.717, 1.165) is 37.2 Å². The highest BCUT2D eigenvalue weighted by Gasteiger charge is 2.15. The predicted molar refractivity (Wildman–Crippen MR) is 76.5 cm³/mol. The SMILES string of the molecule is CC(CNc1ccc(Br)cc1)N1CCNCC1. The fraction of sp³-hybridized carbons (Fsp3) is 0.538. The van der Waals surface area contributed by atoms with E-state index >= 15 is 0 Å². The Morgan fingerprint density at radius 2 is 1.94 bits per heavy atom. The molecule has 1 heterocycles. The number of halogens is 1. The summed E-state index contributed by atoms with van der Waals surface area (Å²) in [5, 5.41) is 6.87. The fourth-order valence-electron chi connectivity index (χ4n) is 2.09. The zero-order valence-electron chi connectivity index (χ0n) is 10.2. The van der Waals surface area contributed by atoms with Gasteiger partial charge in [-0.3, -0.25) is 4.90 Å². The van der Waals surface area contributed by atoms with Gasteiger partial charge >= 0.3 is 0 Å². The van der Waals surface area contributed by atoms with Crippen LogP contribution in [0.3, 0.4) is 0 Å². The molecule has 4 heteroatoms. The van der Waals surface area contributed by atoms with Gasteiger partial charge < -0.3 is 10.6 Å². The summed E-state index contributed by atoms with van der Waals surface area (Å²) < 4.78 is 1.12. The van der Waals surface area contributed by atoms with Gasteiger partial charge in [0.1, 0.15) is 0 Å². The van der Waals surface area contributed by atoms with Crippen molar-refractivity contribution in [2.45, 2.75) is 13.0 Å². The Morgan fingerprint density at radius 3 is 2.59 bits per heavy atom. The van der Waals surface area contributed by atoms with Crippen LogP contribution in [0.15, 0.2) is 28.7 Å². The third kappa shape index (κ3) is 3.98. The van der Waals surface area contributed by atoms with Crippen LogP contribution in [0.1, 0.15) is 6.92 Å². The maximum absolute atomic E-state index is 3.49. The summed E-state index contributed by atoms with van der Waals surface area (Å²) in [6, 6.07) is 8.93. The Bertz CT molecular complexity index is 333. The highest BCUT2D eigenvalue weighted by Crippen LogP contribution is 2.14. The summed E-state index contributed by atoms with van der Waals surface area (Å²) in [6.07, 6.45) is 0. The lowest BCUT2D eigenvalue weighted by Crippen LogP contribution is -2.49. The average molecular weight is 298 g/mol. The standard InChI is InChI=1S/C13H20BrN3/c1-11(17-8-6-15-7-9-17)10-16-13-4-2-12(14)3-5-13/h2-5,11,15-16H,6-10H2,1H3. The number of nitrogens with zero attached hydrogens (tertiary/aromatic N) is 1. The first-order chi connectivity index (χ1) is 8.25. The molecule has 0 spiro atoms. The van der Waals surface area contributed by atoms with Crippen LogP contribution < -0.4 is 10.6 Å². The van der Waals surface area contributed by atoms with Gasteiger partial charge in [0.15, 0.2) is 0 Å². The van der Waals surface area contributed by atoms with E-state index in [0.29, 0.717) is 6.04 Å². The van der Waals surface area contributed by atoms with E-state index in [-0.39, 0.29) is 0 Å². The molecule has 94 valence electrons. The number of anilines is 1. The second-order valence-electron chi connectivity index (χ2n) is 4.52. The third-order valence-corrected chi connectivity index (χ3v) is 3.75. The Labute approximate surface area is 112 Å². The molecule has 3 nitrogen and oxygen atoms in total. The van der Waals surface area contributed by atoms with Gasteiger partial charge in [-0.05, 0) is 31.2 Å². The van der Waals surface area contributed by atoms with Gasteiger partial charge in [0.25, 0.3) is 0 Å². The van der Waals surface area contributed by atoms with E-state index in [2.05, 4.69) is 62.7 Å². The summed E-state index contributed by atoms with van der Waals surface area (Å²) in [7, 11) is 0. The van der Waals surface area contributed by atoms with Crippen molar-refractivity contribution < 1.29 is 0 Å². The Kier molecular flexibility index (Phi) is 4.83. The number of nitrogens with one attached hydrogen (secondary N) is 2. The van der Waals surface area contributed by atoms with E-state index in [1.54, 1.807) is 0 Å². The summed E-state index contributed by atoms with van der Waals surface area (Å²) in [4.78, 5) is 2.53. The third-order valence-electron chi connectivity index (χ3n) is 3.22. The van der Waals surface area contributed by atoms with Crippen molar-refractivity contribution in [1.29, 1.82) is 0 Å². The molecule has 1 atom stereocenters. The smallest absolute Gasteiger partial charge is 0.0341 e. The molecule has 0 bridgehead atoms. The lowest BCUT2D eigenvalue weighted by molar-refractivity contribution is 0.191. The summed E-state index contributed by atoms with van der Waals surface area (Å²) in [5.74, 6) is 0. The van der Waals surface area contributed by atoms with Crippen molar-refractivity contribution in [3.63, 3.8) is 0 Å². The van der Waals surface area contributed by atoms with Crippen molar-refractivity contribution in [1.82, 2.24) is 10.2 Å². The summed E-state index contributed by atoms with van der Waals surface area (Å²) in [5.41, 5.74) is 1.19. The number of hydrogen-bond acceptors (Lipinski definition) is 3. The van der Waals surface area contributed by atoms with E-state index in [1.807, 2.05) is 0 Å². The van der Waals surface area contributed by atoms with Gasteiger partial charge in [-0.1, -0.05) is 15.9 Å². The Morgan fingerprint density at radius 1 is 1.29 bits per heavy atom. The van der Waals surface area contributed by atoms with Crippen molar-refractivity contribution in [2.75, 3.05) is 38.0 Å². The number of benzene rings is 1. The van der Waals surface area contributed by atoms with E-state index in [4.69, 9.17) is 0 Å². The van der Waals surface area contributed by atoms with Crippen LogP contribution in [-0.4, -0.2) is 43.7 Å². The van der Waals surface area contributed by atoms with Gasteiger partial charge in [-0.2, -0.15) is 0 Å². The zero-order valence-corrected chi connectivity index (χ0v) is 11.8. The molecule has 1 unspecified atom stereocenters. The highest BCUT2D eigenvalue weighted by atomic mass is 79.9. The normalized spacial score (nSPS) is 18.9. The van der Waals surface area contributed by atoms with Crippen LogP contribution in [0.25, 0.3) is 0 Å². The fourth-order valence-corrected chi connectivity index (χ4v) is 2.35. The van der Waals surface area contributed by atoms with Crippen molar-refractivity contribution in [3.8, 4) is 0 Å². The molecule has 0 aromatic heterocycles. The molecule has 0 aliphatic carbocycles. The molecule has 2 rings (SSSR count). The minimum atomic E-state index is 0.584. The molecular formula is C13H20BrN3. The molecule has 1 aliphatic heterocycles. The molecule has 1 aromatic carbocycles. The van der Waals surface area contributed by atoms with E-state index < -0.39 is 0 Å². The monoisotopic (exact) mass is 297 g/mol. The van der Waals surface area contributed by atoms with Crippen molar-refractivity contribution in [2.24, 2.45) is 0 Å². The highest BCUT2D eigenvalue weighted by molar-refractivity contribution is 9.10. The first-order valence-electron chi connectivity index (χ1n) is 6.20. The first-order valence-corrected chi connectivity index (χ1v) is 6.99. The van der Waals surface area contributed by atoms with Crippen molar-refractivity contribution in [3.05, 3.63) is 28.7 Å². The summed E-state index contributed by atoms with van der Waals surface area (Å²) in [6.45, 7) is 7.83. The largest absolute Gasteiger partial charge is 0.383 e. The summed E-state index contributed by atoms with van der Waals surface area (Å²) >= 11 is 3.45. The minimum Gasteiger partial charge on any atom is -0.383 e. The quantitative estimate of drug-likeness (QED) is 0.892. The number of hydrogen-bond donors (Lipinski definition) is 2. The molecular weight excluding hydrogens is 278 g/mol. The van der Waals surface area contributed by atoms with Gasteiger partial charge in [0, 0.05) is 48.9 Å². The molecule has 1 saturated heterocycles. The van der Waals surface area contributed by atoms with Crippen LogP contribution in [0.5, 0.6) is 0 Å². The molecule has 0 amide bonds. The number of piperazine rings is 1. The van der Waals surface area contributed by atoms with Gasteiger partial charge in [0.2, 0.25) is 0 Å². The molecule has 1 aliphatic rings. The maximum atomic E-state index is 3.49. The van der Waals surface area contributed by atoms with Gasteiger partial charge in [-0.25, -0.2) is 0 Å². The van der Waals surface area contributed by atoms with Crippen LogP contribution in [0.4, 0.5) is 5.69 Å². The molecule has 1 aromatic rings. The number of rotatable bonds is 4. The average Bonchev–Trinajstić information content (AvgIpc) is 2.39. The molecule has 17 heavy (non-hydrogen) atoms. The maximum Gasteiger partial charge on any atom is 0.0341 e. The van der Waals surface area contributed by atoms with Gasteiger partial charge in [-0.15, -0.1) is 0 Å². The van der Waals surface area contributed by atoms with Crippen LogP contribution >= 0.6 is 15.9 Å². The van der Waals surface area contributed by atoms with Gasteiger partial charge in [0.05, 0.1) is 0 Å². The van der Waals surface area contributed by atoms with E-state index in [9.17, 15) is 0 Å². The van der Waals surface area contributed by atoms with Crippen LogP contribution in [0, 0.1) is 0 Å². The Balaban J connectivity index is 1.78. The van der Waals surface area contributed by atoms with Crippen LogP contribution in [-0.2, 0) is 0 Å².